The summed E-state index contributed by atoms with van der Waals surface area (Å²) in [7, 11) is 0. The smallest absolute Gasteiger partial charge is 0.286 e. The molecule has 0 heterocycles. The fourth-order valence-corrected chi connectivity index (χ4v) is 2.31. The van der Waals surface area contributed by atoms with E-state index >= 15 is 0 Å². The first-order valence-electron chi connectivity index (χ1n) is 4.87. The summed E-state index contributed by atoms with van der Waals surface area (Å²) in [5, 5.41) is 19.1. The monoisotopic (exact) mass is 263 g/mol. The number of aliphatic hydroxyl groups is 1. The third kappa shape index (κ3) is 3.37. The van der Waals surface area contributed by atoms with Gasteiger partial charge >= 0.3 is 0 Å². The van der Waals surface area contributed by atoms with E-state index in [-0.39, 0.29) is 16.8 Å². The number of nitro groups is 1. The maximum Gasteiger partial charge on any atom is 0.286 e. The van der Waals surface area contributed by atoms with Gasteiger partial charge in [0.15, 0.2) is 11.6 Å². The molecule has 0 saturated carbocycles. The summed E-state index contributed by atoms with van der Waals surface area (Å²) in [6, 6.07) is 1.67. The Morgan fingerprint density at radius 3 is 2.71 bits per heavy atom. The lowest BCUT2D eigenvalue weighted by Crippen LogP contribution is -2.03. The predicted octanol–water partition coefficient (Wildman–Crippen LogP) is 2.74. The summed E-state index contributed by atoms with van der Waals surface area (Å²) in [6.07, 6.45) is 0.345. The molecule has 0 amide bonds. The molecular weight excluding hydrogens is 252 g/mol. The van der Waals surface area contributed by atoms with Crippen molar-refractivity contribution in [2.45, 2.75) is 23.5 Å². The van der Waals surface area contributed by atoms with Crippen LogP contribution in [0, 0.1) is 21.7 Å². The van der Waals surface area contributed by atoms with Gasteiger partial charge in [-0.05, 0) is 12.5 Å². The lowest BCUT2D eigenvalue weighted by Gasteiger charge is -2.10. The standard InChI is InChI=1S/C10H11F2NO3S/c1-6(4-5-14)17-10-8(13(15)16)3-2-7(11)9(10)12/h2-3,6,14H,4-5H2,1H3. The van der Waals surface area contributed by atoms with Crippen molar-refractivity contribution in [3.63, 3.8) is 0 Å². The van der Waals surface area contributed by atoms with E-state index in [0.29, 0.717) is 6.42 Å². The van der Waals surface area contributed by atoms with Crippen molar-refractivity contribution >= 4 is 17.4 Å². The molecule has 7 heteroatoms. The highest BCUT2D eigenvalue weighted by Gasteiger charge is 2.23. The molecule has 94 valence electrons. The van der Waals surface area contributed by atoms with Gasteiger partial charge in [0.25, 0.3) is 5.69 Å². The molecule has 0 spiro atoms. The Balaban J connectivity index is 3.10. The summed E-state index contributed by atoms with van der Waals surface area (Å²) in [6.45, 7) is 1.56. The van der Waals surface area contributed by atoms with E-state index in [2.05, 4.69) is 0 Å². The number of nitrogens with zero attached hydrogens (tertiary/aromatic N) is 1. The van der Waals surface area contributed by atoms with E-state index in [1.165, 1.54) is 0 Å². The zero-order chi connectivity index (χ0) is 13.0. The average Bonchev–Trinajstić information content (AvgIpc) is 2.25. The molecule has 1 N–H and O–H groups in total. The minimum Gasteiger partial charge on any atom is -0.396 e. The van der Waals surface area contributed by atoms with Gasteiger partial charge in [0.05, 0.1) is 4.92 Å². The molecule has 0 bridgehead atoms. The van der Waals surface area contributed by atoms with Crippen molar-refractivity contribution < 1.29 is 18.8 Å². The lowest BCUT2D eigenvalue weighted by molar-refractivity contribution is -0.388. The lowest BCUT2D eigenvalue weighted by atomic mass is 10.3. The fraction of sp³-hybridized carbons (Fsp3) is 0.400. The van der Waals surface area contributed by atoms with Crippen molar-refractivity contribution in [2.75, 3.05) is 6.61 Å². The van der Waals surface area contributed by atoms with E-state index in [1.807, 2.05) is 0 Å². The van der Waals surface area contributed by atoms with Crippen LogP contribution in [0.1, 0.15) is 13.3 Å². The molecule has 1 aromatic carbocycles. The quantitative estimate of drug-likeness (QED) is 0.504. The average molecular weight is 263 g/mol. The SMILES string of the molecule is CC(CCO)Sc1c([N+](=O)[O-])ccc(F)c1F. The zero-order valence-corrected chi connectivity index (χ0v) is 9.84. The van der Waals surface area contributed by atoms with Gasteiger partial charge in [0.1, 0.15) is 4.90 Å². The highest BCUT2D eigenvalue weighted by molar-refractivity contribution is 8.00. The predicted molar refractivity (Wildman–Crippen MR) is 60.0 cm³/mol. The second-order valence-corrected chi connectivity index (χ2v) is 4.86. The molecule has 0 fully saturated rings. The van der Waals surface area contributed by atoms with E-state index in [1.54, 1.807) is 6.92 Å². The first-order chi connectivity index (χ1) is 7.97. The summed E-state index contributed by atoms with van der Waals surface area (Å²) in [5.41, 5.74) is -0.460. The van der Waals surface area contributed by atoms with Crippen LogP contribution in [0.2, 0.25) is 0 Å². The summed E-state index contributed by atoms with van der Waals surface area (Å²) >= 11 is 0.847. The van der Waals surface area contributed by atoms with Crippen LogP contribution in [0.3, 0.4) is 0 Å². The Morgan fingerprint density at radius 2 is 2.18 bits per heavy atom. The third-order valence-electron chi connectivity index (χ3n) is 2.08. The van der Waals surface area contributed by atoms with Crippen molar-refractivity contribution in [1.29, 1.82) is 0 Å². The Hall–Kier alpha value is -1.21. The Morgan fingerprint density at radius 1 is 1.53 bits per heavy atom. The van der Waals surface area contributed by atoms with Gasteiger partial charge in [0.2, 0.25) is 0 Å². The molecule has 0 saturated heterocycles. The number of hydrogen-bond acceptors (Lipinski definition) is 4. The summed E-state index contributed by atoms with van der Waals surface area (Å²) in [4.78, 5) is 9.60. The van der Waals surface area contributed by atoms with Crippen LogP contribution in [0.15, 0.2) is 17.0 Å². The molecule has 0 aromatic heterocycles. The minimum absolute atomic E-state index is 0.112. The van der Waals surface area contributed by atoms with Crippen LogP contribution >= 0.6 is 11.8 Å². The van der Waals surface area contributed by atoms with Gasteiger partial charge in [-0.2, -0.15) is 0 Å². The molecular formula is C10H11F2NO3S. The van der Waals surface area contributed by atoms with Crippen LogP contribution in [-0.2, 0) is 0 Å². The third-order valence-corrected chi connectivity index (χ3v) is 3.34. The summed E-state index contributed by atoms with van der Waals surface area (Å²) < 4.78 is 26.5. The number of halogens is 2. The van der Waals surface area contributed by atoms with Crippen molar-refractivity contribution in [2.24, 2.45) is 0 Å². The van der Waals surface area contributed by atoms with E-state index in [9.17, 15) is 18.9 Å². The van der Waals surface area contributed by atoms with Gasteiger partial charge < -0.3 is 5.11 Å². The maximum atomic E-state index is 13.5. The number of aliphatic hydroxyl groups excluding tert-OH is 1. The molecule has 17 heavy (non-hydrogen) atoms. The van der Waals surface area contributed by atoms with Crippen LogP contribution in [0.5, 0.6) is 0 Å². The van der Waals surface area contributed by atoms with Gasteiger partial charge in [-0.1, -0.05) is 6.92 Å². The van der Waals surface area contributed by atoms with Gasteiger partial charge in [-0.25, -0.2) is 8.78 Å². The van der Waals surface area contributed by atoms with Crippen molar-refractivity contribution in [1.82, 2.24) is 0 Å². The molecule has 4 nitrogen and oxygen atoms in total. The van der Waals surface area contributed by atoms with E-state index in [4.69, 9.17) is 5.11 Å². The van der Waals surface area contributed by atoms with Crippen LogP contribution < -0.4 is 0 Å². The minimum atomic E-state index is -1.21. The van der Waals surface area contributed by atoms with Crippen LogP contribution in [0.4, 0.5) is 14.5 Å². The molecule has 1 rings (SSSR count). The van der Waals surface area contributed by atoms with Crippen molar-refractivity contribution in [3.8, 4) is 0 Å². The highest BCUT2D eigenvalue weighted by atomic mass is 32.2. The largest absolute Gasteiger partial charge is 0.396 e. The van der Waals surface area contributed by atoms with Crippen LogP contribution in [-0.4, -0.2) is 21.9 Å². The van der Waals surface area contributed by atoms with Gasteiger partial charge in [-0.15, -0.1) is 11.8 Å². The number of nitro benzene ring substituents is 1. The first-order valence-corrected chi connectivity index (χ1v) is 5.75. The Bertz CT molecular complexity index is 428. The van der Waals surface area contributed by atoms with Crippen LogP contribution in [0.25, 0.3) is 0 Å². The van der Waals surface area contributed by atoms with Crippen molar-refractivity contribution in [3.05, 3.63) is 33.9 Å². The molecule has 1 aromatic rings. The summed E-state index contributed by atoms with van der Waals surface area (Å²) in [5.74, 6) is -2.33. The number of benzene rings is 1. The number of thioether (sulfide) groups is 1. The highest BCUT2D eigenvalue weighted by Crippen LogP contribution is 2.36. The normalized spacial score (nSPS) is 12.5. The zero-order valence-electron chi connectivity index (χ0n) is 9.02. The number of hydrogen-bond donors (Lipinski definition) is 1. The Labute approximate surface area is 101 Å². The first kappa shape index (κ1) is 13.9. The molecule has 0 radical (unpaired) electrons. The number of rotatable bonds is 5. The molecule has 0 aliphatic heterocycles. The molecule has 0 aliphatic carbocycles. The molecule has 1 atom stereocenters. The maximum absolute atomic E-state index is 13.5. The van der Waals surface area contributed by atoms with Gasteiger partial charge in [0, 0.05) is 17.9 Å². The van der Waals surface area contributed by atoms with Gasteiger partial charge in [-0.3, -0.25) is 10.1 Å². The van der Waals surface area contributed by atoms with E-state index in [0.717, 1.165) is 23.9 Å². The second kappa shape index (κ2) is 5.92. The second-order valence-electron chi connectivity index (χ2n) is 3.41. The molecule has 1 unspecified atom stereocenters. The van der Waals surface area contributed by atoms with E-state index < -0.39 is 22.2 Å². The Kier molecular flexibility index (Phi) is 4.83. The molecule has 0 aliphatic rings. The topological polar surface area (TPSA) is 63.4 Å². The fourth-order valence-electron chi connectivity index (χ4n) is 1.22.